The van der Waals surface area contributed by atoms with E-state index in [0.717, 1.165) is 16.7 Å². The number of carbonyl (C=O) groups is 1. The van der Waals surface area contributed by atoms with Crippen LogP contribution in [0.25, 0.3) is 0 Å². The SMILES string of the molecule is Cc1nc(CC2C(=O)N([Si](C)(C)C(C)(C)C)C2SC(c2ccccc2)(c2ccccc2)c2ccccc2)c(O)o1. The van der Waals surface area contributed by atoms with Gasteiger partial charge in [-0.25, -0.2) is 4.98 Å². The number of β-lactam (4-membered cyclic amide) rings is 1. The van der Waals surface area contributed by atoms with Crippen molar-refractivity contribution in [3.63, 3.8) is 0 Å². The van der Waals surface area contributed by atoms with Crippen LogP contribution in [0.5, 0.6) is 5.95 Å². The Morgan fingerprint density at radius 3 is 1.70 bits per heavy atom. The molecule has 40 heavy (non-hydrogen) atoms. The third-order valence-electron chi connectivity index (χ3n) is 8.63. The minimum absolute atomic E-state index is 0.0338. The molecule has 7 heteroatoms. The number of nitrogens with zero attached hydrogens (tertiary/aromatic N) is 2. The highest BCUT2D eigenvalue weighted by Crippen LogP contribution is 2.57. The first-order valence-corrected chi connectivity index (χ1v) is 17.6. The number of benzene rings is 3. The summed E-state index contributed by atoms with van der Waals surface area (Å²) < 4.78 is 6.96. The van der Waals surface area contributed by atoms with Crippen molar-refractivity contribution in [3.05, 3.63) is 119 Å². The second kappa shape index (κ2) is 10.6. The van der Waals surface area contributed by atoms with Crippen LogP contribution in [0, 0.1) is 12.8 Å². The van der Waals surface area contributed by atoms with Gasteiger partial charge in [0.15, 0.2) is 14.1 Å². The summed E-state index contributed by atoms with van der Waals surface area (Å²) in [6, 6.07) is 31.8. The maximum absolute atomic E-state index is 14.1. The van der Waals surface area contributed by atoms with E-state index in [1.807, 2.05) is 30.0 Å². The van der Waals surface area contributed by atoms with Crippen LogP contribution < -0.4 is 0 Å². The van der Waals surface area contributed by atoms with E-state index in [1.165, 1.54) is 0 Å². The highest BCUT2D eigenvalue weighted by molar-refractivity contribution is 8.01. The number of oxazole rings is 1. The number of rotatable bonds is 8. The molecule has 0 saturated carbocycles. The van der Waals surface area contributed by atoms with Crippen LogP contribution in [0.2, 0.25) is 18.1 Å². The Labute approximate surface area is 242 Å². The van der Waals surface area contributed by atoms with Crippen molar-refractivity contribution in [2.75, 3.05) is 0 Å². The lowest BCUT2D eigenvalue weighted by molar-refractivity contribution is -0.143. The zero-order chi connectivity index (χ0) is 28.7. The third kappa shape index (κ3) is 4.79. The first-order chi connectivity index (χ1) is 19.0. The Balaban J connectivity index is 1.70. The molecule has 1 saturated heterocycles. The number of carbonyl (C=O) groups excluding carboxylic acids is 1. The molecule has 2 unspecified atom stereocenters. The Hall–Kier alpha value is -3.29. The molecule has 5 nitrogen and oxygen atoms in total. The van der Waals surface area contributed by atoms with Crippen molar-refractivity contribution < 1.29 is 14.3 Å². The second-order valence-corrected chi connectivity index (χ2v) is 18.5. The van der Waals surface area contributed by atoms with Crippen molar-refractivity contribution in [1.29, 1.82) is 0 Å². The topological polar surface area (TPSA) is 66.6 Å². The number of aromatic nitrogens is 1. The van der Waals surface area contributed by atoms with Gasteiger partial charge in [-0.05, 0) is 21.7 Å². The lowest BCUT2D eigenvalue weighted by Crippen LogP contribution is -2.72. The minimum Gasteiger partial charge on any atom is -0.479 e. The van der Waals surface area contributed by atoms with Gasteiger partial charge in [0, 0.05) is 13.3 Å². The van der Waals surface area contributed by atoms with Gasteiger partial charge in [-0.1, -0.05) is 125 Å². The van der Waals surface area contributed by atoms with Crippen LogP contribution in [-0.2, 0) is 16.0 Å². The van der Waals surface area contributed by atoms with Crippen LogP contribution in [0.4, 0.5) is 0 Å². The summed E-state index contributed by atoms with van der Waals surface area (Å²) in [4.78, 5) is 18.5. The fourth-order valence-corrected chi connectivity index (χ4v) is 10.5. The minimum atomic E-state index is -2.26. The molecule has 1 aliphatic rings. The lowest BCUT2D eigenvalue weighted by atomic mass is 9.84. The summed E-state index contributed by atoms with van der Waals surface area (Å²) >= 11 is 1.83. The van der Waals surface area contributed by atoms with E-state index in [9.17, 15) is 9.90 Å². The predicted octanol–water partition coefficient (Wildman–Crippen LogP) is 7.75. The summed E-state index contributed by atoms with van der Waals surface area (Å²) in [7, 11) is -2.26. The van der Waals surface area contributed by atoms with Gasteiger partial charge >= 0.3 is 5.95 Å². The van der Waals surface area contributed by atoms with E-state index < -0.39 is 13.0 Å². The Morgan fingerprint density at radius 2 is 1.32 bits per heavy atom. The van der Waals surface area contributed by atoms with Gasteiger partial charge in [0.05, 0.1) is 16.0 Å². The smallest absolute Gasteiger partial charge is 0.306 e. The van der Waals surface area contributed by atoms with Crippen molar-refractivity contribution in [2.24, 2.45) is 5.92 Å². The van der Waals surface area contributed by atoms with Crippen LogP contribution in [0.15, 0.2) is 95.4 Å². The summed E-state index contributed by atoms with van der Waals surface area (Å²) in [6.45, 7) is 13.0. The third-order valence-corrected chi connectivity index (χ3v) is 16.0. The lowest BCUT2D eigenvalue weighted by Gasteiger charge is -2.59. The molecular formula is C33H38N2O3SSi. The molecule has 2 heterocycles. The van der Waals surface area contributed by atoms with Gasteiger partial charge < -0.3 is 14.1 Å². The van der Waals surface area contributed by atoms with Crippen LogP contribution in [-0.4, -0.2) is 34.2 Å². The molecule has 2 atom stereocenters. The molecule has 0 spiro atoms. The van der Waals surface area contributed by atoms with Crippen LogP contribution in [0.3, 0.4) is 0 Å². The van der Waals surface area contributed by atoms with Gasteiger partial charge in [-0.15, -0.1) is 11.8 Å². The molecule has 1 aliphatic heterocycles. The highest BCUT2D eigenvalue weighted by atomic mass is 32.2. The first-order valence-electron chi connectivity index (χ1n) is 13.8. The number of amides is 1. The molecule has 0 bridgehead atoms. The maximum Gasteiger partial charge on any atom is 0.306 e. The summed E-state index contributed by atoms with van der Waals surface area (Å²) in [5.41, 5.74) is 3.92. The summed E-state index contributed by atoms with van der Waals surface area (Å²) in [6.07, 6.45) is 0.333. The predicted molar refractivity (Wildman–Crippen MR) is 165 cm³/mol. The van der Waals surface area contributed by atoms with Gasteiger partial charge in [-0.3, -0.25) is 4.79 Å². The van der Waals surface area contributed by atoms with Crippen LogP contribution in [0.1, 0.15) is 49.0 Å². The van der Waals surface area contributed by atoms with Crippen molar-refractivity contribution in [3.8, 4) is 5.95 Å². The molecule has 5 rings (SSSR count). The van der Waals surface area contributed by atoms with Crippen molar-refractivity contribution >= 4 is 25.9 Å². The van der Waals surface area contributed by atoms with E-state index in [-0.39, 0.29) is 28.2 Å². The molecule has 4 aromatic rings. The number of hydrogen-bond donors (Lipinski definition) is 1. The number of thioether (sulfide) groups is 1. The average Bonchev–Trinajstić information content (AvgIpc) is 3.26. The fourth-order valence-electron chi connectivity index (χ4n) is 5.51. The van der Waals surface area contributed by atoms with E-state index >= 15 is 0 Å². The molecular weight excluding hydrogens is 533 g/mol. The first kappa shape index (κ1) is 28.2. The molecule has 0 aliphatic carbocycles. The Morgan fingerprint density at radius 1 is 0.875 bits per heavy atom. The molecule has 1 N–H and O–H groups in total. The van der Waals surface area contributed by atoms with Crippen LogP contribution >= 0.6 is 11.8 Å². The van der Waals surface area contributed by atoms with E-state index in [4.69, 9.17) is 4.42 Å². The quantitative estimate of drug-likeness (QED) is 0.133. The van der Waals surface area contributed by atoms with Crippen molar-refractivity contribution in [1.82, 2.24) is 9.55 Å². The average molecular weight is 571 g/mol. The molecule has 1 amide bonds. The molecule has 0 radical (unpaired) electrons. The molecule has 1 fully saturated rings. The van der Waals surface area contributed by atoms with Gasteiger partial charge in [0.2, 0.25) is 5.91 Å². The normalized spacial score (nSPS) is 18.1. The number of hydrogen-bond acceptors (Lipinski definition) is 5. The highest BCUT2D eigenvalue weighted by Gasteiger charge is 2.60. The summed E-state index contributed by atoms with van der Waals surface area (Å²) in [5, 5.41) is 10.3. The number of aryl methyl sites for hydroxylation is 1. The Bertz CT molecular complexity index is 1370. The fraction of sp³-hybridized carbons (Fsp3) is 0.333. The number of aromatic hydroxyl groups is 1. The standard InChI is InChI=1S/C33H38N2O3SSi/c1-23-34-28(31(37)38-23)22-27-29(36)35(40(5,6)32(2,3)4)30(27)39-33(24-16-10-7-11-17-24,25-18-12-8-13-19-25)26-20-14-9-15-21-26/h7-21,27,30,37H,22H2,1-6H3. The summed E-state index contributed by atoms with van der Waals surface area (Å²) in [5.74, 6) is -0.00512. The van der Waals surface area contributed by atoms with Crippen molar-refractivity contribution in [2.45, 2.75) is 62.4 Å². The van der Waals surface area contributed by atoms with E-state index in [2.05, 4.69) is 116 Å². The zero-order valence-corrected chi connectivity index (χ0v) is 25.9. The van der Waals surface area contributed by atoms with E-state index in [0.29, 0.717) is 18.0 Å². The molecule has 3 aromatic carbocycles. The van der Waals surface area contributed by atoms with Gasteiger partial charge in [-0.2, -0.15) is 0 Å². The van der Waals surface area contributed by atoms with E-state index in [1.54, 1.807) is 6.92 Å². The Kier molecular flexibility index (Phi) is 7.48. The molecule has 1 aromatic heterocycles. The second-order valence-electron chi connectivity index (χ2n) is 12.1. The monoisotopic (exact) mass is 570 g/mol. The van der Waals surface area contributed by atoms with Gasteiger partial charge in [0.1, 0.15) is 5.69 Å². The largest absolute Gasteiger partial charge is 0.479 e. The van der Waals surface area contributed by atoms with Gasteiger partial charge in [0.25, 0.3) is 0 Å². The maximum atomic E-state index is 14.1. The molecule has 208 valence electrons. The zero-order valence-electron chi connectivity index (χ0n) is 24.1.